The van der Waals surface area contributed by atoms with Gasteiger partial charge in [-0.2, -0.15) is 0 Å². The minimum atomic E-state index is -1.31. The molecule has 17 heavy (non-hydrogen) atoms. The molecule has 1 aromatic heterocycles. The van der Waals surface area contributed by atoms with Gasteiger partial charge >= 0.3 is 11.7 Å². The Labute approximate surface area is 96.9 Å². The molecule has 0 amide bonds. The van der Waals surface area contributed by atoms with Crippen molar-refractivity contribution in [2.45, 2.75) is 13.0 Å². The zero-order chi connectivity index (χ0) is 13.2. The lowest BCUT2D eigenvalue weighted by molar-refractivity contribution is -0.142. The summed E-state index contributed by atoms with van der Waals surface area (Å²) < 4.78 is 6.61. The molecule has 94 valence electrons. The molecule has 0 aliphatic rings. The fourth-order valence-electron chi connectivity index (χ4n) is 1.45. The van der Waals surface area contributed by atoms with E-state index in [1.807, 2.05) is 0 Å². The molecule has 1 rings (SSSR count). The molecule has 1 heterocycles. The summed E-state index contributed by atoms with van der Waals surface area (Å²) in [6.07, 6.45) is 0. The van der Waals surface area contributed by atoms with Crippen LogP contribution in [-0.2, 0) is 16.6 Å². The first-order valence-corrected chi connectivity index (χ1v) is 4.91. The van der Waals surface area contributed by atoms with Crippen LogP contribution >= 0.6 is 0 Å². The second-order valence-corrected chi connectivity index (χ2v) is 3.64. The quantitative estimate of drug-likeness (QED) is 0.741. The van der Waals surface area contributed by atoms with Crippen molar-refractivity contribution in [1.29, 1.82) is 0 Å². The highest BCUT2D eigenvalue weighted by molar-refractivity contribution is 5.71. The molecule has 0 saturated heterocycles. The number of aromatic nitrogens is 2. The van der Waals surface area contributed by atoms with E-state index in [1.54, 1.807) is 6.92 Å². The predicted molar refractivity (Wildman–Crippen MR) is 59.2 cm³/mol. The lowest BCUT2D eigenvalue weighted by atomic mass is 10.3. The standard InChI is InChI=1S/C10H14N2O5/c1-6-4-8(13)12(10(16)11(6)2)7(5-17-3)9(14)15/h4,7H,5H2,1-3H3,(H,14,15). The molecule has 1 aromatic rings. The van der Waals surface area contributed by atoms with Crippen LogP contribution in [0, 0.1) is 6.92 Å². The van der Waals surface area contributed by atoms with E-state index in [2.05, 4.69) is 0 Å². The van der Waals surface area contributed by atoms with Crippen molar-refractivity contribution in [3.8, 4) is 0 Å². The predicted octanol–water partition coefficient (Wildman–Crippen LogP) is -0.872. The third-order valence-corrected chi connectivity index (χ3v) is 2.51. The zero-order valence-corrected chi connectivity index (χ0v) is 9.84. The molecule has 0 aliphatic heterocycles. The summed E-state index contributed by atoms with van der Waals surface area (Å²) in [6.45, 7) is 1.35. The third-order valence-electron chi connectivity index (χ3n) is 2.51. The highest BCUT2D eigenvalue weighted by Gasteiger charge is 2.23. The van der Waals surface area contributed by atoms with Crippen LogP contribution < -0.4 is 11.2 Å². The molecule has 0 radical (unpaired) electrons. The van der Waals surface area contributed by atoms with Gasteiger partial charge < -0.3 is 14.4 Å². The Morgan fingerprint density at radius 3 is 2.59 bits per heavy atom. The van der Waals surface area contributed by atoms with Gasteiger partial charge in [-0.25, -0.2) is 14.2 Å². The van der Waals surface area contributed by atoms with Crippen molar-refractivity contribution in [3.05, 3.63) is 32.6 Å². The molecule has 0 bridgehead atoms. The number of rotatable bonds is 4. The maximum Gasteiger partial charge on any atom is 0.331 e. The largest absolute Gasteiger partial charge is 0.480 e. The van der Waals surface area contributed by atoms with E-state index in [0.29, 0.717) is 10.3 Å². The van der Waals surface area contributed by atoms with Crippen LogP contribution in [0.1, 0.15) is 11.7 Å². The Bertz CT molecular complexity index is 543. The summed E-state index contributed by atoms with van der Waals surface area (Å²) in [5, 5.41) is 8.98. The average molecular weight is 242 g/mol. The smallest absolute Gasteiger partial charge is 0.331 e. The molecule has 1 atom stereocenters. The lowest BCUT2D eigenvalue weighted by Gasteiger charge is -2.15. The second-order valence-electron chi connectivity index (χ2n) is 3.64. The van der Waals surface area contributed by atoms with Crippen LogP contribution in [-0.4, -0.2) is 33.9 Å². The molecule has 0 aliphatic carbocycles. The normalized spacial score (nSPS) is 12.4. The third kappa shape index (κ3) is 2.44. The van der Waals surface area contributed by atoms with Crippen molar-refractivity contribution in [1.82, 2.24) is 9.13 Å². The van der Waals surface area contributed by atoms with Crippen LogP contribution in [0.3, 0.4) is 0 Å². The molecule has 1 unspecified atom stereocenters. The Morgan fingerprint density at radius 2 is 2.12 bits per heavy atom. The number of hydrogen-bond donors (Lipinski definition) is 1. The van der Waals surface area contributed by atoms with Crippen LogP contribution in [0.4, 0.5) is 0 Å². The van der Waals surface area contributed by atoms with Crippen molar-refractivity contribution in [2.24, 2.45) is 7.05 Å². The van der Waals surface area contributed by atoms with E-state index in [4.69, 9.17) is 9.84 Å². The minimum absolute atomic E-state index is 0.243. The average Bonchev–Trinajstić information content (AvgIpc) is 2.24. The summed E-state index contributed by atoms with van der Waals surface area (Å²) in [7, 11) is 2.78. The number of carbonyl (C=O) groups is 1. The van der Waals surface area contributed by atoms with Crippen LogP contribution in [0.25, 0.3) is 0 Å². The summed E-state index contributed by atoms with van der Waals surface area (Å²) in [6, 6.07) is -0.0979. The van der Waals surface area contributed by atoms with Gasteiger partial charge in [0.25, 0.3) is 5.56 Å². The first-order chi connectivity index (χ1) is 7.90. The van der Waals surface area contributed by atoms with Crippen molar-refractivity contribution >= 4 is 5.97 Å². The monoisotopic (exact) mass is 242 g/mol. The Balaban J connectivity index is 3.49. The van der Waals surface area contributed by atoms with Crippen molar-refractivity contribution in [3.63, 3.8) is 0 Å². The van der Waals surface area contributed by atoms with Gasteiger partial charge in [-0.3, -0.25) is 4.79 Å². The van der Waals surface area contributed by atoms with Crippen LogP contribution in [0.15, 0.2) is 15.7 Å². The summed E-state index contributed by atoms with van der Waals surface area (Å²) in [5.41, 5.74) is -0.840. The lowest BCUT2D eigenvalue weighted by Crippen LogP contribution is -2.45. The molecule has 0 fully saturated rings. The topological polar surface area (TPSA) is 90.5 Å². The van der Waals surface area contributed by atoms with Gasteiger partial charge in [-0.15, -0.1) is 0 Å². The van der Waals surface area contributed by atoms with Crippen molar-refractivity contribution in [2.75, 3.05) is 13.7 Å². The van der Waals surface area contributed by atoms with E-state index in [1.165, 1.54) is 24.8 Å². The van der Waals surface area contributed by atoms with E-state index in [0.717, 1.165) is 0 Å². The van der Waals surface area contributed by atoms with E-state index in [9.17, 15) is 14.4 Å². The summed E-state index contributed by atoms with van der Waals surface area (Å²) in [5.74, 6) is -1.28. The Hall–Kier alpha value is -1.89. The highest BCUT2D eigenvalue weighted by atomic mass is 16.5. The van der Waals surface area contributed by atoms with E-state index < -0.39 is 23.3 Å². The molecule has 0 aromatic carbocycles. The van der Waals surface area contributed by atoms with Gasteiger partial charge in [0, 0.05) is 25.9 Å². The number of methoxy groups -OCH3 is 1. The number of carboxylic acid groups (broad SMARTS) is 1. The molecule has 7 heteroatoms. The molecule has 0 saturated carbocycles. The van der Waals surface area contributed by atoms with Gasteiger partial charge in [0.15, 0.2) is 6.04 Å². The zero-order valence-electron chi connectivity index (χ0n) is 9.84. The number of nitrogens with zero attached hydrogens (tertiary/aromatic N) is 2. The first kappa shape index (κ1) is 13.2. The van der Waals surface area contributed by atoms with Gasteiger partial charge in [-0.05, 0) is 6.92 Å². The number of aliphatic carboxylic acids is 1. The SMILES string of the molecule is COCC(C(=O)O)n1c(=O)cc(C)n(C)c1=O. The maximum absolute atomic E-state index is 11.8. The fraction of sp³-hybridized carbons (Fsp3) is 0.500. The van der Waals surface area contributed by atoms with Gasteiger partial charge in [0.05, 0.1) is 6.61 Å². The Morgan fingerprint density at radius 1 is 1.53 bits per heavy atom. The fourth-order valence-corrected chi connectivity index (χ4v) is 1.45. The van der Waals surface area contributed by atoms with Gasteiger partial charge in [0.1, 0.15) is 0 Å². The molecular weight excluding hydrogens is 228 g/mol. The number of aryl methyl sites for hydroxylation is 1. The van der Waals surface area contributed by atoms with Crippen LogP contribution in [0.2, 0.25) is 0 Å². The molecule has 0 spiro atoms. The van der Waals surface area contributed by atoms with E-state index in [-0.39, 0.29) is 6.61 Å². The number of carboxylic acids is 1. The number of ether oxygens (including phenoxy) is 1. The van der Waals surface area contributed by atoms with Crippen LogP contribution in [0.5, 0.6) is 0 Å². The molecule has 7 nitrogen and oxygen atoms in total. The minimum Gasteiger partial charge on any atom is -0.480 e. The molecular formula is C10H14N2O5. The summed E-state index contributed by atoms with van der Waals surface area (Å²) in [4.78, 5) is 34.5. The van der Waals surface area contributed by atoms with E-state index >= 15 is 0 Å². The molecule has 1 N–H and O–H groups in total. The van der Waals surface area contributed by atoms with Crippen molar-refractivity contribution < 1.29 is 14.6 Å². The first-order valence-electron chi connectivity index (χ1n) is 4.91. The second kappa shape index (κ2) is 4.96. The number of hydrogen-bond acceptors (Lipinski definition) is 4. The summed E-state index contributed by atoms with van der Waals surface area (Å²) >= 11 is 0. The maximum atomic E-state index is 11.8. The Kier molecular flexibility index (Phi) is 3.84. The van der Waals surface area contributed by atoms with Gasteiger partial charge in [-0.1, -0.05) is 0 Å². The highest BCUT2D eigenvalue weighted by Crippen LogP contribution is 2.01. The van der Waals surface area contributed by atoms with Gasteiger partial charge in [0.2, 0.25) is 0 Å².